The topological polar surface area (TPSA) is 41.6 Å². The van der Waals surface area contributed by atoms with Crippen molar-refractivity contribution in [2.45, 2.75) is 25.6 Å². The summed E-state index contributed by atoms with van der Waals surface area (Å²) < 4.78 is 1.64. The van der Waals surface area contributed by atoms with Crippen molar-refractivity contribution in [2.75, 3.05) is 0 Å². The van der Waals surface area contributed by atoms with Gasteiger partial charge in [0.15, 0.2) is 0 Å². The number of halogens is 2. The van der Waals surface area contributed by atoms with Gasteiger partial charge in [-0.25, -0.2) is 4.68 Å². The second-order valence-corrected chi connectivity index (χ2v) is 4.80. The number of aromatic nitrogens is 2. The van der Waals surface area contributed by atoms with Crippen LogP contribution in [-0.4, -0.2) is 9.78 Å². The minimum absolute atomic E-state index is 0.339. The molecule has 0 bridgehead atoms. The van der Waals surface area contributed by atoms with E-state index < -0.39 is 0 Å². The molecule has 0 N–H and O–H groups in total. The maximum atomic E-state index is 8.93. The Morgan fingerprint density at radius 3 is 2.84 bits per heavy atom. The molecule has 0 spiro atoms. The number of alkyl halides is 1. The van der Waals surface area contributed by atoms with Gasteiger partial charge in [-0.3, -0.25) is 0 Å². The minimum Gasteiger partial charge on any atom is -0.222 e. The van der Waals surface area contributed by atoms with Gasteiger partial charge >= 0.3 is 0 Å². The molecule has 19 heavy (non-hydrogen) atoms. The fourth-order valence-corrected chi connectivity index (χ4v) is 2.58. The van der Waals surface area contributed by atoms with Crippen LogP contribution in [0.2, 0.25) is 5.15 Å². The predicted molar refractivity (Wildman–Crippen MR) is 76.8 cm³/mol. The van der Waals surface area contributed by atoms with Gasteiger partial charge in [-0.15, -0.1) is 11.6 Å². The summed E-state index contributed by atoms with van der Waals surface area (Å²) in [5.74, 6) is 0.339. The molecule has 2 aromatic rings. The molecule has 0 fully saturated rings. The van der Waals surface area contributed by atoms with E-state index in [-0.39, 0.29) is 0 Å². The molecule has 1 aromatic heterocycles. The van der Waals surface area contributed by atoms with Crippen LogP contribution in [0.15, 0.2) is 24.3 Å². The van der Waals surface area contributed by atoms with Crippen molar-refractivity contribution in [1.29, 1.82) is 5.26 Å². The lowest BCUT2D eigenvalue weighted by Crippen LogP contribution is -1.98. The van der Waals surface area contributed by atoms with E-state index in [1.54, 1.807) is 16.8 Å². The average molecular weight is 294 g/mol. The van der Waals surface area contributed by atoms with E-state index in [1.807, 2.05) is 12.1 Å². The highest BCUT2D eigenvalue weighted by Gasteiger charge is 2.16. The Kier molecular flexibility index (Phi) is 4.47. The molecule has 2 rings (SSSR count). The van der Waals surface area contributed by atoms with Gasteiger partial charge in [0, 0.05) is 5.56 Å². The van der Waals surface area contributed by atoms with Crippen LogP contribution in [0.4, 0.5) is 0 Å². The Bertz CT molecular complexity index is 626. The molecule has 0 atom stereocenters. The smallest absolute Gasteiger partial charge is 0.137 e. The van der Waals surface area contributed by atoms with Crippen molar-refractivity contribution in [3.05, 3.63) is 46.2 Å². The summed E-state index contributed by atoms with van der Waals surface area (Å²) >= 11 is 12.3. The molecule has 3 nitrogen and oxygen atoms in total. The molecule has 0 radical (unpaired) electrons. The summed E-state index contributed by atoms with van der Waals surface area (Å²) in [7, 11) is 0. The molecule has 0 aliphatic rings. The third-order valence-electron chi connectivity index (χ3n) is 2.84. The largest absolute Gasteiger partial charge is 0.222 e. The van der Waals surface area contributed by atoms with Crippen LogP contribution in [0.25, 0.3) is 5.69 Å². The highest BCUT2D eigenvalue weighted by atomic mass is 35.5. The highest BCUT2D eigenvalue weighted by molar-refractivity contribution is 6.31. The number of aryl methyl sites for hydroxylation is 1. The summed E-state index contributed by atoms with van der Waals surface area (Å²) in [4.78, 5) is 0. The fourth-order valence-electron chi connectivity index (χ4n) is 1.92. The van der Waals surface area contributed by atoms with E-state index in [4.69, 9.17) is 28.5 Å². The Labute approximate surface area is 122 Å². The van der Waals surface area contributed by atoms with Crippen LogP contribution in [0.1, 0.15) is 30.2 Å². The predicted octanol–water partition coefficient (Wildman–Crippen LogP) is 4.09. The first-order chi connectivity index (χ1) is 9.21. The first kappa shape index (κ1) is 13.9. The fraction of sp³-hybridized carbons (Fsp3) is 0.286. The second kappa shape index (κ2) is 6.10. The number of benzene rings is 1. The summed E-state index contributed by atoms with van der Waals surface area (Å²) in [6.45, 7) is 2.08. The maximum absolute atomic E-state index is 8.93. The second-order valence-electron chi connectivity index (χ2n) is 4.17. The first-order valence-corrected chi connectivity index (χ1v) is 6.95. The zero-order valence-electron chi connectivity index (χ0n) is 10.5. The summed E-state index contributed by atoms with van der Waals surface area (Å²) in [5, 5.41) is 14.0. The average Bonchev–Trinajstić information content (AvgIpc) is 2.75. The van der Waals surface area contributed by atoms with Crippen molar-refractivity contribution in [1.82, 2.24) is 9.78 Å². The van der Waals surface area contributed by atoms with Crippen molar-refractivity contribution < 1.29 is 0 Å². The lowest BCUT2D eigenvalue weighted by Gasteiger charge is -2.03. The lowest BCUT2D eigenvalue weighted by molar-refractivity contribution is 0.805. The molecule has 1 heterocycles. The number of rotatable bonds is 4. The van der Waals surface area contributed by atoms with Gasteiger partial charge in [-0.2, -0.15) is 10.4 Å². The van der Waals surface area contributed by atoms with Gasteiger partial charge in [-0.05, 0) is 24.6 Å². The molecule has 0 amide bonds. The molecule has 1 aromatic carbocycles. The van der Waals surface area contributed by atoms with Crippen LogP contribution in [0.5, 0.6) is 0 Å². The van der Waals surface area contributed by atoms with E-state index in [2.05, 4.69) is 18.1 Å². The Hall–Kier alpha value is -1.50. The van der Waals surface area contributed by atoms with E-state index >= 15 is 0 Å². The van der Waals surface area contributed by atoms with Crippen molar-refractivity contribution in [3.63, 3.8) is 0 Å². The number of nitriles is 1. The Morgan fingerprint density at radius 2 is 2.21 bits per heavy atom. The van der Waals surface area contributed by atoms with Crippen LogP contribution < -0.4 is 0 Å². The van der Waals surface area contributed by atoms with E-state index in [1.165, 1.54) is 0 Å². The van der Waals surface area contributed by atoms with Gasteiger partial charge in [0.1, 0.15) is 5.15 Å². The third kappa shape index (κ3) is 2.75. The van der Waals surface area contributed by atoms with Gasteiger partial charge in [-0.1, -0.05) is 31.0 Å². The molecule has 0 aliphatic carbocycles. The first-order valence-electron chi connectivity index (χ1n) is 6.04. The number of hydrogen-bond donors (Lipinski definition) is 0. The minimum atomic E-state index is 0.339. The van der Waals surface area contributed by atoms with Crippen molar-refractivity contribution in [2.24, 2.45) is 0 Å². The normalized spacial score (nSPS) is 10.4. The SMILES string of the molecule is CCCc1nn(-c2cccc(C#N)c2)c(Cl)c1CCl. The van der Waals surface area contributed by atoms with Gasteiger partial charge in [0.05, 0.1) is 28.9 Å². The zero-order chi connectivity index (χ0) is 13.8. The van der Waals surface area contributed by atoms with Crippen LogP contribution >= 0.6 is 23.2 Å². The monoisotopic (exact) mass is 293 g/mol. The van der Waals surface area contributed by atoms with E-state index in [0.717, 1.165) is 29.8 Å². The highest BCUT2D eigenvalue weighted by Crippen LogP contribution is 2.26. The molecular weight excluding hydrogens is 281 g/mol. The molecular formula is C14H13Cl2N3. The molecule has 0 unspecified atom stereocenters. The van der Waals surface area contributed by atoms with Crippen molar-refractivity contribution >= 4 is 23.2 Å². The van der Waals surface area contributed by atoms with Crippen LogP contribution in [0, 0.1) is 11.3 Å². The maximum Gasteiger partial charge on any atom is 0.137 e. The molecule has 98 valence electrons. The van der Waals surface area contributed by atoms with Crippen LogP contribution in [0.3, 0.4) is 0 Å². The molecule has 0 saturated carbocycles. The zero-order valence-corrected chi connectivity index (χ0v) is 12.0. The number of hydrogen-bond acceptors (Lipinski definition) is 2. The summed E-state index contributed by atoms with van der Waals surface area (Å²) in [5.41, 5.74) is 3.14. The quantitative estimate of drug-likeness (QED) is 0.797. The molecule has 5 heteroatoms. The summed E-state index contributed by atoms with van der Waals surface area (Å²) in [6.07, 6.45) is 1.82. The standard InChI is InChI=1S/C14H13Cl2N3/c1-2-4-13-12(8-15)14(16)19(18-13)11-6-3-5-10(7-11)9-17/h3,5-7H,2,4,8H2,1H3. The van der Waals surface area contributed by atoms with Gasteiger partial charge in [0.2, 0.25) is 0 Å². The third-order valence-corrected chi connectivity index (χ3v) is 3.50. The van der Waals surface area contributed by atoms with E-state index in [9.17, 15) is 0 Å². The lowest BCUT2D eigenvalue weighted by atomic mass is 10.2. The van der Waals surface area contributed by atoms with E-state index in [0.29, 0.717) is 16.6 Å². The Morgan fingerprint density at radius 1 is 1.42 bits per heavy atom. The number of nitrogens with zero attached hydrogens (tertiary/aromatic N) is 3. The van der Waals surface area contributed by atoms with Crippen LogP contribution in [-0.2, 0) is 12.3 Å². The Balaban J connectivity index is 2.53. The van der Waals surface area contributed by atoms with Gasteiger partial charge in [0.25, 0.3) is 0 Å². The summed E-state index contributed by atoms with van der Waals surface area (Å²) in [6, 6.07) is 9.29. The van der Waals surface area contributed by atoms with Gasteiger partial charge < -0.3 is 0 Å². The van der Waals surface area contributed by atoms with Crippen molar-refractivity contribution in [3.8, 4) is 11.8 Å². The molecule has 0 aliphatic heterocycles. The molecule has 0 saturated heterocycles.